The normalized spacial score (nSPS) is 20.1. The Balaban J connectivity index is 1.84. The number of phenolic OH excluding ortho intramolecular Hbond substituents is 1. The minimum absolute atomic E-state index is 0.211. The molecule has 1 unspecified atom stereocenters. The highest BCUT2D eigenvalue weighted by atomic mass is 16.4. The van der Waals surface area contributed by atoms with Crippen LogP contribution >= 0.6 is 0 Å². The summed E-state index contributed by atoms with van der Waals surface area (Å²) in [6.07, 6.45) is 2.46. The Morgan fingerprint density at radius 2 is 1.96 bits per heavy atom. The van der Waals surface area contributed by atoms with E-state index < -0.39 is 0 Å². The molecular weight excluding hydrogens is 338 g/mol. The van der Waals surface area contributed by atoms with Crippen LogP contribution < -0.4 is 10.5 Å². The van der Waals surface area contributed by atoms with Gasteiger partial charge in [0.2, 0.25) is 0 Å². The third-order valence-electron chi connectivity index (χ3n) is 5.77. The van der Waals surface area contributed by atoms with Gasteiger partial charge >= 0.3 is 5.63 Å². The molecule has 2 atom stereocenters. The van der Waals surface area contributed by atoms with E-state index in [9.17, 15) is 9.90 Å². The lowest BCUT2D eigenvalue weighted by Crippen LogP contribution is -3.12. The Morgan fingerprint density at radius 3 is 2.70 bits per heavy atom. The van der Waals surface area contributed by atoms with E-state index in [1.807, 2.05) is 43.3 Å². The van der Waals surface area contributed by atoms with E-state index in [-0.39, 0.29) is 11.4 Å². The quantitative estimate of drug-likeness (QED) is 0.701. The lowest BCUT2D eigenvalue weighted by Gasteiger charge is -2.28. The van der Waals surface area contributed by atoms with Crippen LogP contribution in [0.2, 0.25) is 0 Å². The summed E-state index contributed by atoms with van der Waals surface area (Å²) < 4.78 is 5.78. The van der Waals surface area contributed by atoms with E-state index in [0.29, 0.717) is 23.6 Å². The first-order chi connectivity index (χ1) is 13.0. The molecule has 0 spiro atoms. The van der Waals surface area contributed by atoms with Crippen LogP contribution in [0.15, 0.2) is 51.7 Å². The first-order valence-corrected chi connectivity index (χ1v) is 9.72. The zero-order valence-electron chi connectivity index (χ0n) is 15.9. The average molecular weight is 364 g/mol. The number of quaternary nitrogens is 1. The molecule has 0 aliphatic carbocycles. The molecule has 4 rings (SSSR count). The topological polar surface area (TPSA) is 54.9 Å². The van der Waals surface area contributed by atoms with Gasteiger partial charge in [-0.2, -0.15) is 0 Å². The first kappa shape index (κ1) is 17.8. The molecule has 2 aromatic carbocycles. The third-order valence-corrected chi connectivity index (χ3v) is 5.77. The molecular formula is C23H26NO3+. The van der Waals surface area contributed by atoms with Crippen molar-refractivity contribution in [1.82, 2.24) is 0 Å². The molecule has 3 aromatic rings. The molecule has 4 nitrogen and oxygen atoms in total. The maximum absolute atomic E-state index is 12.8. The summed E-state index contributed by atoms with van der Waals surface area (Å²) in [6.45, 7) is 7.09. The van der Waals surface area contributed by atoms with Crippen LogP contribution in [0, 0.1) is 12.8 Å². The van der Waals surface area contributed by atoms with Gasteiger partial charge in [-0.1, -0.05) is 37.3 Å². The number of nitrogens with one attached hydrogen (secondary N) is 1. The Morgan fingerprint density at radius 1 is 1.19 bits per heavy atom. The molecule has 2 heterocycles. The highest BCUT2D eigenvalue weighted by Crippen LogP contribution is 2.32. The minimum Gasteiger partial charge on any atom is -0.507 e. The van der Waals surface area contributed by atoms with Crippen LogP contribution in [0.25, 0.3) is 22.1 Å². The molecule has 0 amide bonds. The van der Waals surface area contributed by atoms with Gasteiger partial charge in [0, 0.05) is 11.3 Å². The van der Waals surface area contributed by atoms with Crippen LogP contribution in [0.3, 0.4) is 0 Å². The van der Waals surface area contributed by atoms with Crippen molar-refractivity contribution in [3.63, 3.8) is 0 Å². The monoisotopic (exact) mass is 364 g/mol. The highest BCUT2D eigenvalue weighted by molar-refractivity contribution is 5.89. The van der Waals surface area contributed by atoms with Gasteiger partial charge in [0.15, 0.2) is 5.58 Å². The number of hydrogen-bond acceptors (Lipinski definition) is 3. The fraction of sp³-hybridized carbons (Fsp3) is 0.348. The van der Waals surface area contributed by atoms with Crippen LogP contribution in [0.5, 0.6) is 5.75 Å². The van der Waals surface area contributed by atoms with Gasteiger partial charge in [0.25, 0.3) is 0 Å². The van der Waals surface area contributed by atoms with Crippen molar-refractivity contribution in [1.29, 1.82) is 0 Å². The van der Waals surface area contributed by atoms with Gasteiger partial charge < -0.3 is 14.4 Å². The average Bonchev–Trinajstić information content (AvgIpc) is 2.65. The van der Waals surface area contributed by atoms with Crippen LogP contribution in [0.1, 0.15) is 30.9 Å². The highest BCUT2D eigenvalue weighted by Gasteiger charge is 2.24. The molecule has 4 heteroatoms. The SMILES string of the molecule is Cc1c(-c2ccccc2)c(=O)oc2c(C[NH+]3CCC[C@H](C)C3)c(O)ccc12. The molecule has 1 fully saturated rings. The van der Waals surface area contributed by atoms with Gasteiger partial charge in [-0.25, -0.2) is 4.79 Å². The number of likely N-dealkylation sites (tertiary alicyclic amines) is 1. The Labute approximate surface area is 159 Å². The maximum atomic E-state index is 12.8. The Hall–Kier alpha value is -2.59. The van der Waals surface area contributed by atoms with Crippen molar-refractivity contribution < 1.29 is 14.4 Å². The zero-order chi connectivity index (χ0) is 19.0. The van der Waals surface area contributed by atoms with Gasteiger partial charge in [-0.15, -0.1) is 0 Å². The van der Waals surface area contributed by atoms with Gasteiger partial charge in [-0.3, -0.25) is 0 Å². The van der Waals surface area contributed by atoms with Gasteiger partial charge in [0.1, 0.15) is 12.3 Å². The summed E-state index contributed by atoms with van der Waals surface area (Å²) in [5.41, 5.74) is 3.28. The number of rotatable bonds is 3. The minimum atomic E-state index is -0.347. The molecule has 1 saturated heterocycles. The number of benzene rings is 2. The summed E-state index contributed by atoms with van der Waals surface area (Å²) in [5.74, 6) is 0.896. The summed E-state index contributed by atoms with van der Waals surface area (Å²) in [7, 11) is 0. The second-order valence-electron chi connectivity index (χ2n) is 7.82. The largest absolute Gasteiger partial charge is 0.507 e. The van der Waals surface area contributed by atoms with Crippen LogP contribution in [-0.4, -0.2) is 18.2 Å². The molecule has 1 aliphatic rings. The Kier molecular flexibility index (Phi) is 4.75. The summed E-state index contributed by atoms with van der Waals surface area (Å²) in [6, 6.07) is 13.2. The van der Waals surface area contributed by atoms with Crippen LogP contribution in [-0.2, 0) is 6.54 Å². The fourth-order valence-corrected chi connectivity index (χ4v) is 4.38. The summed E-state index contributed by atoms with van der Waals surface area (Å²) in [5, 5.41) is 11.4. The van der Waals surface area contributed by atoms with E-state index in [4.69, 9.17) is 4.42 Å². The second kappa shape index (κ2) is 7.20. The van der Waals surface area contributed by atoms with Crippen molar-refractivity contribution >= 4 is 11.0 Å². The molecule has 0 saturated carbocycles. The van der Waals surface area contributed by atoms with E-state index >= 15 is 0 Å². The van der Waals surface area contributed by atoms with Crippen molar-refractivity contribution in [2.75, 3.05) is 13.1 Å². The third kappa shape index (κ3) is 3.37. The zero-order valence-corrected chi connectivity index (χ0v) is 15.9. The van der Waals surface area contributed by atoms with Crippen molar-refractivity contribution in [2.24, 2.45) is 5.92 Å². The van der Waals surface area contributed by atoms with Gasteiger partial charge in [0.05, 0.1) is 24.2 Å². The molecule has 27 heavy (non-hydrogen) atoms. The number of aromatic hydroxyl groups is 1. The van der Waals surface area contributed by atoms with Gasteiger partial charge in [-0.05, 0) is 43.0 Å². The van der Waals surface area contributed by atoms with Crippen molar-refractivity contribution in [2.45, 2.75) is 33.2 Å². The summed E-state index contributed by atoms with van der Waals surface area (Å²) >= 11 is 0. The van der Waals surface area contributed by atoms with Crippen molar-refractivity contribution in [3.8, 4) is 16.9 Å². The number of aryl methyl sites for hydroxylation is 1. The standard InChI is InChI=1S/C23H25NO3/c1-15-7-6-12-24(13-15)14-19-20(25)11-10-18-16(2)21(23(26)27-22(18)19)17-8-4-3-5-9-17/h3-5,8-11,15,25H,6-7,12-14H2,1-2H3/p+1/t15-/m0/s1. The number of fused-ring (bicyclic) bond motifs is 1. The molecule has 0 radical (unpaired) electrons. The first-order valence-electron chi connectivity index (χ1n) is 9.72. The lowest BCUT2D eigenvalue weighted by atomic mass is 9.97. The predicted molar refractivity (Wildman–Crippen MR) is 107 cm³/mol. The molecule has 0 bridgehead atoms. The smallest absolute Gasteiger partial charge is 0.344 e. The molecule has 1 aliphatic heterocycles. The molecule has 1 aromatic heterocycles. The Bertz CT molecular complexity index is 1020. The van der Waals surface area contributed by atoms with E-state index in [2.05, 4.69) is 6.92 Å². The molecule has 2 N–H and O–H groups in total. The van der Waals surface area contributed by atoms with E-state index in [1.54, 1.807) is 6.07 Å². The summed E-state index contributed by atoms with van der Waals surface area (Å²) in [4.78, 5) is 14.2. The second-order valence-corrected chi connectivity index (χ2v) is 7.82. The number of phenols is 1. The number of piperidine rings is 1. The van der Waals surface area contributed by atoms with E-state index in [0.717, 1.165) is 35.2 Å². The van der Waals surface area contributed by atoms with E-state index in [1.165, 1.54) is 17.7 Å². The number of hydrogen-bond donors (Lipinski definition) is 2. The van der Waals surface area contributed by atoms with Crippen molar-refractivity contribution in [3.05, 3.63) is 64.0 Å². The van der Waals surface area contributed by atoms with Crippen LogP contribution in [0.4, 0.5) is 0 Å². The fourth-order valence-electron chi connectivity index (χ4n) is 4.38. The predicted octanol–water partition coefficient (Wildman–Crippen LogP) is 3.29. The lowest BCUT2D eigenvalue weighted by molar-refractivity contribution is -0.922. The molecule has 140 valence electrons. The maximum Gasteiger partial charge on any atom is 0.344 e.